The molecule has 0 aliphatic heterocycles. The van der Waals surface area contributed by atoms with Crippen LogP contribution in [0.25, 0.3) is 11.3 Å². The van der Waals surface area contributed by atoms with E-state index in [-0.39, 0.29) is 28.4 Å². The number of rotatable bonds is 9. The Bertz CT molecular complexity index is 1600. The van der Waals surface area contributed by atoms with Gasteiger partial charge >= 0.3 is 12.1 Å². The third-order valence-corrected chi connectivity index (χ3v) is 9.09. The molecule has 0 unspecified atom stereocenters. The first-order chi connectivity index (χ1) is 19.7. The van der Waals surface area contributed by atoms with Gasteiger partial charge in [0.15, 0.2) is 11.5 Å². The highest BCUT2D eigenvalue weighted by Gasteiger charge is 2.53. The van der Waals surface area contributed by atoms with Crippen molar-refractivity contribution in [1.29, 1.82) is 0 Å². The van der Waals surface area contributed by atoms with Crippen LogP contribution in [0.15, 0.2) is 27.9 Å². The Morgan fingerprint density at radius 3 is 2.38 bits per heavy atom. The van der Waals surface area contributed by atoms with E-state index < -0.39 is 58.9 Å². The molecule has 0 atom stereocenters. The van der Waals surface area contributed by atoms with Crippen LogP contribution in [0.1, 0.15) is 48.2 Å². The minimum absolute atomic E-state index is 0.0332. The molecule has 42 heavy (non-hydrogen) atoms. The third-order valence-electron chi connectivity index (χ3n) is 7.18. The lowest BCUT2D eigenvalue weighted by atomic mass is 9.93. The van der Waals surface area contributed by atoms with Gasteiger partial charge in [-0.25, -0.2) is 8.78 Å². The number of nitrogens with zero attached hydrogens (tertiary/aromatic N) is 2. The van der Waals surface area contributed by atoms with Gasteiger partial charge in [0, 0.05) is 25.0 Å². The molecule has 0 saturated heterocycles. The van der Waals surface area contributed by atoms with E-state index in [0.717, 1.165) is 22.0 Å². The van der Waals surface area contributed by atoms with Gasteiger partial charge in [0.1, 0.15) is 22.2 Å². The summed E-state index contributed by atoms with van der Waals surface area (Å²) >= 11 is 2.01. The fourth-order valence-electron chi connectivity index (χ4n) is 4.58. The van der Waals surface area contributed by atoms with E-state index in [1.165, 1.54) is 23.8 Å². The smallest absolute Gasteiger partial charge is 0.422 e. The number of anilines is 1. The molecule has 1 aromatic carbocycles. The van der Waals surface area contributed by atoms with Gasteiger partial charge < -0.3 is 15.4 Å². The Balaban J connectivity index is 1.76. The fraction of sp³-hybridized carbons (Fsp3) is 0.407. The van der Waals surface area contributed by atoms with Crippen LogP contribution in [0.3, 0.4) is 0 Å². The number of alkyl halides is 3. The number of benzene rings is 1. The van der Waals surface area contributed by atoms with E-state index in [0.29, 0.717) is 29.5 Å². The standard InChI is InChI=1S/C27H27F5N4O4S2/c1-13(2)26(7-8-26)24(39)40-12-36-17(15-5-6-16(28)20(21(15)29)27(30,31)32)11-42-25(36)35-18(37)9-14-10-41-23(34-4)19(14)22(38)33-3/h5-6,10-11,13,34H,7-9,12H2,1-4H3,(H,33,38). The summed E-state index contributed by atoms with van der Waals surface area (Å²) < 4.78 is 76.1. The first kappa shape index (κ1) is 31.3. The minimum atomic E-state index is -5.31. The number of carbonyl (C=O) groups is 3. The highest BCUT2D eigenvalue weighted by molar-refractivity contribution is 7.14. The number of carbonyl (C=O) groups excluding carboxylic acids is 3. The second kappa shape index (κ2) is 12.0. The molecule has 0 radical (unpaired) electrons. The van der Waals surface area contributed by atoms with Crippen LogP contribution in [0.5, 0.6) is 0 Å². The molecular weight excluding hydrogens is 603 g/mol. The molecule has 1 aliphatic rings. The number of aromatic nitrogens is 1. The number of amides is 2. The quantitative estimate of drug-likeness (QED) is 0.237. The Morgan fingerprint density at radius 2 is 1.81 bits per heavy atom. The van der Waals surface area contributed by atoms with E-state index >= 15 is 4.39 Å². The Kier molecular flexibility index (Phi) is 8.92. The van der Waals surface area contributed by atoms with E-state index in [9.17, 15) is 31.9 Å². The van der Waals surface area contributed by atoms with Crippen molar-refractivity contribution >= 4 is 45.5 Å². The molecular formula is C27H27F5N4O4S2. The van der Waals surface area contributed by atoms with Crippen LogP contribution < -0.4 is 15.4 Å². The van der Waals surface area contributed by atoms with Crippen LogP contribution >= 0.6 is 22.7 Å². The SMILES string of the molecule is CNC(=O)c1c(CC(=O)N=c2scc(-c3ccc(F)c(C(F)(F)F)c3F)n2COC(=O)C2(C(C)C)CC2)csc1NC. The minimum Gasteiger partial charge on any atom is -0.443 e. The van der Waals surface area contributed by atoms with Crippen molar-refractivity contribution in [1.82, 2.24) is 9.88 Å². The predicted octanol–water partition coefficient (Wildman–Crippen LogP) is 5.58. The average Bonchev–Trinajstić information content (AvgIpc) is 3.52. The van der Waals surface area contributed by atoms with Crippen molar-refractivity contribution in [3.63, 3.8) is 0 Å². The fourth-order valence-corrected chi connectivity index (χ4v) is 6.40. The van der Waals surface area contributed by atoms with Gasteiger partial charge in [0.2, 0.25) is 0 Å². The largest absolute Gasteiger partial charge is 0.443 e. The van der Waals surface area contributed by atoms with E-state index in [1.807, 2.05) is 13.8 Å². The summed E-state index contributed by atoms with van der Waals surface area (Å²) in [6, 6.07) is 1.33. The number of hydrogen-bond acceptors (Lipinski definition) is 7. The number of ether oxygens (including phenoxy) is 1. The molecule has 1 fully saturated rings. The maximum absolute atomic E-state index is 15.1. The number of thiophene rings is 1. The topological polar surface area (TPSA) is 102 Å². The summed E-state index contributed by atoms with van der Waals surface area (Å²) in [5.41, 5.74) is -2.93. The zero-order valence-corrected chi connectivity index (χ0v) is 24.6. The van der Waals surface area contributed by atoms with Crippen LogP contribution in [0.4, 0.5) is 27.0 Å². The molecule has 3 aromatic rings. The summed E-state index contributed by atoms with van der Waals surface area (Å²) in [6.45, 7) is 3.14. The molecule has 1 aliphatic carbocycles. The van der Waals surface area contributed by atoms with Gasteiger partial charge in [0.25, 0.3) is 11.8 Å². The monoisotopic (exact) mass is 630 g/mol. The van der Waals surface area contributed by atoms with Crippen molar-refractivity contribution in [3.8, 4) is 11.3 Å². The molecule has 2 heterocycles. The number of esters is 1. The Labute approximate surface area is 245 Å². The second-order valence-corrected chi connectivity index (χ2v) is 11.7. The Morgan fingerprint density at radius 1 is 1.12 bits per heavy atom. The predicted molar refractivity (Wildman–Crippen MR) is 147 cm³/mol. The van der Waals surface area contributed by atoms with Gasteiger partial charge in [-0.3, -0.25) is 19.0 Å². The number of thiazole rings is 1. The Hall–Kier alpha value is -3.59. The maximum atomic E-state index is 15.1. The van der Waals surface area contributed by atoms with Crippen molar-refractivity contribution in [2.24, 2.45) is 16.3 Å². The molecule has 1 saturated carbocycles. The summed E-state index contributed by atoms with van der Waals surface area (Å²) in [5.74, 6) is -5.35. The second-order valence-electron chi connectivity index (χ2n) is 9.96. The molecule has 2 N–H and O–H groups in total. The lowest BCUT2D eigenvalue weighted by molar-refractivity contribution is -0.156. The summed E-state index contributed by atoms with van der Waals surface area (Å²) in [4.78, 5) is 42.3. The normalized spacial score (nSPS) is 14.7. The van der Waals surface area contributed by atoms with Crippen LogP contribution in [0, 0.1) is 23.0 Å². The molecule has 8 nitrogen and oxygen atoms in total. The lowest BCUT2D eigenvalue weighted by Gasteiger charge is -2.19. The summed E-state index contributed by atoms with van der Waals surface area (Å²) in [7, 11) is 3.06. The molecule has 2 aromatic heterocycles. The number of halogens is 5. The first-order valence-electron chi connectivity index (χ1n) is 12.7. The van der Waals surface area contributed by atoms with Crippen LogP contribution in [0.2, 0.25) is 0 Å². The van der Waals surface area contributed by atoms with Crippen molar-refractivity contribution < 1.29 is 41.1 Å². The molecule has 226 valence electrons. The van der Waals surface area contributed by atoms with Crippen LogP contribution in [-0.2, 0) is 33.7 Å². The number of nitrogens with one attached hydrogen (secondary N) is 2. The molecule has 0 spiro atoms. The third kappa shape index (κ3) is 5.98. The van der Waals surface area contributed by atoms with Crippen molar-refractivity contribution in [3.05, 3.63) is 56.0 Å². The number of hydrogen-bond donors (Lipinski definition) is 2. The van der Waals surface area contributed by atoms with E-state index in [4.69, 9.17) is 4.74 Å². The van der Waals surface area contributed by atoms with Gasteiger partial charge in [-0.1, -0.05) is 13.8 Å². The molecule has 0 bridgehead atoms. The highest BCUT2D eigenvalue weighted by Crippen LogP contribution is 2.52. The maximum Gasteiger partial charge on any atom is 0.422 e. The average molecular weight is 631 g/mol. The van der Waals surface area contributed by atoms with E-state index in [1.54, 1.807) is 12.4 Å². The summed E-state index contributed by atoms with van der Waals surface area (Å²) in [6.07, 6.45) is -4.41. The molecule has 2 amide bonds. The summed E-state index contributed by atoms with van der Waals surface area (Å²) in [5, 5.41) is 8.78. The van der Waals surface area contributed by atoms with Crippen molar-refractivity contribution in [2.45, 2.75) is 46.0 Å². The molecule has 4 rings (SSSR count). The van der Waals surface area contributed by atoms with Gasteiger partial charge in [-0.15, -0.1) is 22.7 Å². The highest BCUT2D eigenvalue weighted by atomic mass is 32.1. The zero-order valence-electron chi connectivity index (χ0n) is 22.9. The van der Waals surface area contributed by atoms with Gasteiger partial charge in [-0.2, -0.15) is 18.2 Å². The van der Waals surface area contributed by atoms with E-state index in [2.05, 4.69) is 15.6 Å². The van der Waals surface area contributed by atoms with Crippen LogP contribution in [-0.4, -0.2) is 36.4 Å². The molecule has 15 heteroatoms. The van der Waals surface area contributed by atoms with Gasteiger partial charge in [-0.05, 0) is 41.8 Å². The zero-order chi connectivity index (χ0) is 31.0. The van der Waals surface area contributed by atoms with Gasteiger partial charge in [0.05, 0.1) is 23.1 Å². The lowest BCUT2D eigenvalue weighted by Crippen LogP contribution is -2.28. The first-order valence-corrected chi connectivity index (χ1v) is 14.5. The van der Waals surface area contributed by atoms with Crippen molar-refractivity contribution in [2.75, 3.05) is 19.4 Å².